The van der Waals surface area contributed by atoms with Gasteiger partial charge in [-0.15, -0.1) is 10.2 Å². The highest BCUT2D eigenvalue weighted by Gasteiger charge is 2.21. The van der Waals surface area contributed by atoms with Crippen LogP contribution in [0.1, 0.15) is 5.56 Å². The molecule has 12 nitrogen and oxygen atoms in total. The molecular weight excluding hydrogens is 400 g/mol. The minimum atomic E-state index is -0.842. The molecule has 150 valence electrons. The van der Waals surface area contributed by atoms with Crippen molar-refractivity contribution in [2.24, 2.45) is 10.2 Å². The van der Waals surface area contributed by atoms with Crippen LogP contribution in [-0.4, -0.2) is 15.0 Å². The van der Waals surface area contributed by atoms with Gasteiger partial charge in [-0.3, -0.25) is 20.2 Å². The van der Waals surface area contributed by atoms with Crippen LogP contribution in [-0.2, 0) is 0 Å². The van der Waals surface area contributed by atoms with E-state index in [1.165, 1.54) is 12.1 Å². The van der Waals surface area contributed by atoms with Crippen LogP contribution >= 0.6 is 0 Å². The lowest BCUT2D eigenvalue weighted by molar-refractivity contribution is -0.393. The van der Waals surface area contributed by atoms with Crippen LogP contribution < -0.4 is 5.63 Å². The van der Waals surface area contributed by atoms with Gasteiger partial charge in [0.25, 0.3) is 11.6 Å². The van der Waals surface area contributed by atoms with Crippen molar-refractivity contribution in [3.05, 3.63) is 72.6 Å². The molecule has 0 saturated heterocycles. The topological polar surface area (TPSA) is 175 Å². The van der Waals surface area contributed by atoms with Gasteiger partial charge in [0, 0.05) is 17.5 Å². The number of nitrogens with zero attached hydrogens (tertiary/aromatic N) is 4. The third-order valence-corrected chi connectivity index (χ3v) is 4.34. The molecule has 0 radical (unpaired) electrons. The van der Waals surface area contributed by atoms with Crippen LogP contribution in [0.4, 0.5) is 22.9 Å². The zero-order chi connectivity index (χ0) is 21.6. The third-order valence-electron chi connectivity index (χ3n) is 4.34. The van der Waals surface area contributed by atoms with E-state index < -0.39 is 32.6 Å². The van der Waals surface area contributed by atoms with Crippen molar-refractivity contribution in [2.45, 2.75) is 6.92 Å². The first-order chi connectivity index (χ1) is 14.3. The highest BCUT2D eigenvalue weighted by molar-refractivity contribution is 6.08. The highest BCUT2D eigenvalue weighted by Crippen LogP contribution is 2.43. The second kappa shape index (κ2) is 6.77. The Morgan fingerprint density at radius 3 is 2.47 bits per heavy atom. The van der Waals surface area contributed by atoms with Crippen molar-refractivity contribution in [2.75, 3.05) is 0 Å². The number of fused-ring (bicyclic) bond motifs is 3. The Balaban J connectivity index is 1.86. The van der Waals surface area contributed by atoms with Gasteiger partial charge in [-0.2, -0.15) is 0 Å². The Kier molecular flexibility index (Phi) is 4.23. The van der Waals surface area contributed by atoms with E-state index in [2.05, 4.69) is 10.2 Å². The average molecular weight is 410 g/mol. The summed E-state index contributed by atoms with van der Waals surface area (Å²) in [6, 6.07) is 7.32. The highest BCUT2D eigenvalue weighted by atomic mass is 16.6. The first-order valence-electron chi connectivity index (χ1n) is 8.30. The van der Waals surface area contributed by atoms with Crippen LogP contribution in [0, 0.1) is 27.2 Å². The number of nitro benzene ring substituents is 2. The number of aryl methyl sites for hydroxylation is 1. The van der Waals surface area contributed by atoms with E-state index in [1.807, 2.05) is 0 Å². The third kappa shape index (κ3) is 3.01. The summed E-state index contributed by atoms with van der Waals surface area (Å²) in [6.07, 6.45) is 0. The first-order valence-corrected chi connectivity index (χ1v) is 8.30. The molecular formula is C18H10N4O8. The SMILES string of the molecule is Cc1cc(=O)oc2c1ccc1oc(N=Nc3ccc([N+](=O)[O-])cc3[N+](=O)[O-])c(O)c12. The predicted octanol–water partition coefficient (Wildman–Crippen LogP) is 4.79. The summed E-state index contributed by atoms with van der Waals surface area (Å²) in [5.74, 6) is -0.855. The normalized spacial score (nSPS) is 11.5. The van der Waals surface area contributed by atoms with Crippen molar-refractivity contribution >= 4 is 44.9 Å². The van der Waals surface area contributed by atoms with Gasteiger partial charge >= 0.3 is 11.3 Å². The van der Waals surface area contributed by atoms with Gasteiger partial charge in [0.05, 0.1) is 15.9 Å². The maximum absolute atomic E-state index is 11.7. The standard InChI is InChI=1S/C18H10N4O8/c1-8-6-14(23)30-17-10(8)3-5-13-15(17)16(24)18(29-13)20-19-11-4-2-9(21(25)26)7-12(11)22(27)28/h2-7,24H,1H3. The molecule has 30 heavy (non-hydrogen) atoms. The Bertz CT molecular complexity index is 1450. The fraction of sp³-hybridized carbons (Fsp3) is 0.0556. The Hall–Kier alpha value is -4.61. The minimum Gasteiger partial charge on any atom is -0.502 e. The molecule has 2 heterocycles. The number of hydrogen-bond donors (Lipinski definition) is 1. The van der Waals surface area contributed by atoms with E-state index in [1.54, 1.807) is 13.0 Å². The van der Waals surface area contributed by atoms with Crippen LogP contribution in [0.5, 0.6) is 5.75 Å². The molecule has 0 aliphatic rings. The summed E-state index contributed by atoms with van der Waals surface area (Å²) in [5, 5.41) is 40.6. The van der Waals surface area contributed by atoms with Crippen molar-refractivity contribution in [1.29, 1.82) is 0 Å². The lowest BCUT2D eigenvalue weighted by Gasteiger charge is -2.00. The predicted molar refractivity (Wildman–Crippen MR) is 103 cm³/mol. The lowest BCUT2D eigenvalue weighted by Crippen LogP contribution is -1.97. The maximum atomic E-state index is 11.7. The summed E-state index contributed by atoms with van der Waals surface area (Å²) < 4.78 is 10.6. The molecule has 0 amide bonds. The maximum Gasteiger partial charge on any atom is 0.336 e. The van der Waals surface area contributed by atoms with Gasteiger partial charge in [-0.05, 0) is 30.7 Å². The molecule has 12 heteroatoms. The second-order valence-electron chi connectivity index (χ2n) is 6.21. The Labute approximate surface area is 165 Å². The quantitative estimate of drug-likeness (QED) is 0.216. The molecule has 2 aromatic heterocycles. The number of hydrogen-bond acceptors (Lipinski definition) is 10. The molecule has 0 bridgehead atoms. The largest absolute Gasteiger partial charge is 0.502 e. The van der Waals surface area contributed by atoms with E-state index in [4.69, 9.17) is 8.83 Å². The van der Waals surface area contributed by atoms with Crippen molar-refractivity contribution in [1.82, 2.24) is 0 Å². The monoisotopic (exact) mass is 410 g/mol. The number of furan rings is 1. The molecule has 0 fully saturated rings. The van der Waals surface area contributed by atoms with Crippen LogP contribution in [0.15, 0.2) is 60.3 Å². The molecule has 2 aromatic carbocycles. The zero-order valence-corrected chi connectivity index (χ0v) is 15.1. The van der Waals surface area contributed by atoms with E-state index in [0.717, 1.165) is 18.2 Å². The summed E-state index contributed by atoms with van der Waals surface area (Å²) >= 11 is 0. The van der Waals surface area contributed by atoms with E-state index in [-0.39, 0.29) is 28.1 Å². The van der Waals surface area contributed by atoms with E-state index in [9.17, 15) is 30.1 Å². The number of azo groups is 1. The van der Waals surface area contributed by atoms with Gasteiger partial charge in [-0.1, -0.05) is 0 Å². The van der Waals surface area contributed by atoms with Crippen molar-refractivity contribution < 1.29 is 23.8 Å². The molecule has 0 aliphatic heterocycles. The number of rotatable bonds is 4. The second-order valence-corrected chi connectivity index (χ2v) is 6.21. The van der Waals surface area contributed by atoms with Crippen molar-refractivity contribution in [3.63, 3.8) is 0 Å². The molecule has 1 N–H and O–H groups in total. The average Bonchev–Trinajstić information content (AvgIpc) is 3.02. The van der Waals surface area contributed by atoms with Gasteiger partial charge in [-0.25, -0.2) is 4.79 Å². The fourth-order valence-electron chi connectivity index (χ4n) is 2.96. The molecule has 0 spiro atoms. The van der Waals surface area contributed by atoms with E-state index >= 15 is 0 Å². The summed E-state index contributed by atoms with van der Waals surface area (Å²) in [4.78, 5) is 32.1. The smallest absolute Gasteiger partial charge is 0.336 e. The lowest BCUT2D eigenvalue weighted by atomic mass is 10.1. The summed E-state index contributed by atoms with van der Waals surface area (Å²) in [6.45, 7) is 1.70. The molecule has 0 unspecified atom stereocenters. The minimum absolute atomic E-state index is 0.0976. The van der Waals surface area contributed by atoms with Gasteiger partial charge in [0.15, 0.2) is 17.0 Å². The number of non-ortho nitro benzene ring substituents is 1. The molecule has 0 atom stereocenters. The Morgan fingerprint density at radius 2 is 1.77 bits per heavy atom. The number of nitro groups is 2. The van der Waals surface area contributed by atoms with Crippen LogP contribution in [0.3, 0.4) is 0 Å². The fourth-order valence-corrected chi connectivity index (χ4v) is 2.96. The molecule has 0 saturated carbocycles. The van der Waals surface area contributed by atoms with Crippen molar-refractivity contribution in [3.8, 4) is 5.75 Å². The van der Waals surface area contributed by atoms with Gasteiger partial charge in [0.2, 0.25) is 0 Å². The molecule has 4 aromatic rings. The van der Waals surface area contributed by atoms with E-state index in [0.29, 0.717) is 10.9 Å². The summed E-state index contributed by atoms with van der Waals surface area (Å²) in [7, 11) is 0. The van der Waals surface area contributed by atoms with Gasteiger partial charge in [0.1, 0.15) is 11.0 Å². The van der Waals surface area contributed by atoms with Gasteiger partial charge < -0.3 is 13.9 Å². The summed E-state index contributed by atoms with van der Waals surface area (Å²) in [5.41, 5.74) is -1.13. The van der Waals surface area contributed by atoms with Crippen LogP contribution in [0.2, 0.25) is 0 Å². The number of benzene rings is 2. The number of aromatic hydroxyl groups is 1. The molecule has 0 aliphatic carbocycles. The zero-order valence-electron chi connectivity index (χ0n) is 15.1. The van der Waals surface area contributed by atoms with Crippen LogP contribution in [0.25, 0.3) is 21.9 Å². The first kappa shape index (κ1) is 18.7. The Morgan fingerprint density at radius 1 is 1.00 bits per heavy atom. The molecule has 4 rings (SSSR count).